The molecule has 0 amide bonds. The van der Waals surface area contributed by atoms with Gasteiger partial charge in [-0.05, 0) is 31.5 Å². The van der Waals surface area contributed by atoms with E-state index in [2.05, 4.69) is 21.2 Å². The molecular weight excluding hydrogens is 286 g/mol. The molecule has 2 atom stereocenters. The van der Waals surface area contributed by atoms with E-state index in [-0.39, 0.29) is 17.7 Å². The standard InChI is InChI=1S/C12H14BrNO3/c1-7-11(2-3-17-7)14-10-5-8(12(15)16)4-9(13)6-10/h4-7,11,14H,2-3H2,1H3,(H,15,16). The molecule has 1 heterocycles. The van der Waals surface area contributed by atoms with E-state index in [1.165, 1.54) is 0 Å². The van der Waals surface area contributed by atoms with Crippen LogP contribution >= 0.6 is 15.9 Å². The molecule has 2 N–H and O–H groups in total. The van der Waals surface area contributed by atoms with Crippen molar-refractivity contribution >= 4 is 27.6 Å². The lowest BCUT2D eigenvalue weighted by Gasteiger charge is -2.17. The molecule has 0 aliphatic carbocycles. The fraction of sp³-hybridized carbons (Fsp3) is 0.417. The highest BCUT2D eigenvalue weighted by Gasteiger charge is 2.24. The molecule has 1 fully saturated rings. The predicted octanol–water partition coefficient (Wildman–Crippen LogP) is 2.74. The average Bonchev–Trinajstić information content (AvgIpc) is 2.63. The van der Waals surface area contributed by atoms with Gasteiger partial charge in [0.15, 0.2) is 0 Å². The van der Waals surface area contributed by atoms with E-state index in [0.29, 0.717) is 0 Å². The summed E-state index contributed by atoms with van der Waals surface area (Å²) in [6.07, 6.45) is 1.10. The van der Waals surface area contributed by atoms with E-state index in [1.54, 1.807) is 12.1 Å². The van der Waals surface area contributed by atoms with Gasteiger partial charge in [0.05, 0.1) is 17.7 Å². The van der Waals surface area contributed by atoms with Crippen LogP contribution < -0.4 is 5.32 Å². The van der Waals surface area contributed by atoms with Gasteiger partial charge in [-0.2, -0.15) is 0 Å². The second kappa shape index (κ2) is 5.06. The van der Waals surface area contributed by atoms with Crippen molar-refractivity contribution in [1.29, 1.82) is 0 Å². The van der Waals surface area contributed by atoms with Crippen molar-refractivity contribution in [1.82, 2.24) is 0 Å². The van der Waals surface area contributed by atoms with E-state index >= 15 is 0 Å². The summed E-state index contributed by atoms with van der Waals surface area (Å²) in [6.45, 7) is 2.76. The van der Waals surface area contributed by atoms with Crippen molar-refractivity contribution in [2.75, 3.05) is 11.9 Å². The molecule has 2 rings (SSSR count). The van der Waals surface area contributed by atoms with E-state index in [1.807, 2.05) is 13.0 Å². The molecule has 92 valence electrons. The third-order valence-corrected chi connectivity index (χ3v) is 3.33. The van der Waals surface area contributed by atoms with Gasteiger partial charge in [-0.15, -0.1) is 0 Å². The molecule has 4 nitrogen and oxygen atoms in total. The Bertz CT molecular complexity index is 436. The molecule has 2 unspecified atom stereocenters. The van der Waals surface area contributed by atoms with Crippen molar-refractivity contribution in [3.8, 4) is 0 Å². The monoisotopic (exact) mass is 299 g/mol. The van der Waals surface area contributed by atoms with Gasteiger partial charge in [0, 0.05) is 16.8 Å². The summed E-state index contributed by atoms with van der Waals surface area (Å²) in [5.41, 5.74) is 1.08. The summed E-state index contributed by atoms with van der Waals surface area (Å²) in [7, 11) is 0. The van der Waals surface area contributed by atoms with Gasteiger partial charge in [-0.1, -0.05) is 15.9 Å². The number of hydrogen-bond acceptors (Lipinski definition) is 3. The van der Waals surface area contributed by atoms with Gasteiger partial charge in [0.25, 0.3) is 0 Å². The van der Waals surface area contributed by atoms with Crippen LogP contribution in [-0.4, -0.2) is 29.8 Å². The maximum atomic E-state index is 10.9. The van der Waals surface area contributed by atoms with Gasteiger partial charge >= 0.3 is 5.97 Å². The van der Waals surface area contributed by atoms with E-state index in [0.717, 1.165) is 23.2 Å². The molecule has 0 bridgehead atoms. The first kappa shape index (κ1) is 12.4. The first-order chi connectivity index (χ1) is 8.06. The second-order valence-electron chi connectivity index (χ2n) is 4.15. The van der Waals surface area contributed by atoms with Crippen molar-refractivity contribution in [2.24, 2.45) is 0 Å². The largest absolute Gasteiger partial charge is 0.478 e. The Morgan fingerprint density at radius 1 is 1.53 bits per heavy atom. The number of rotatable bonds is 3. The minimum absolute atomic E-state index is 0.155. The topological polar surface area (TPSA) is 58.6 Å². The van der Waals surface area contributed by atoms with Crippen molar-refractivity contribution < 1.29 is 14.6 Å². The molecule has 17 heavy (non-hydrogen) atoms. The summed E-state index contributed by atoms with van der Waals surface area (Å²) in [5, 5.41) is 12.3. The molecule has 0 spiro atoms. The maximum Gasteiger partial charge on any atom is 0.335 e. The van der Waals surface area contributed by atoms with Gasteiger partial charge < -0.3 is 15.2 Å². The first-order valence-electron chi connectivity index (χ1n) is 5.48. The molecule has 0 radical (unpaired) electrons. The van der Waals surface area contributed by atoms with Gasteiger partial charge in [0.1, 0.15) is 0 Å². The molecule has 0 aromatic heterocycles. The van der Waals surface area contributed by atoms with E-state index in [4.69, 9.17) is 9.84 Å². The number of carbonyl (C=O) groups is 1. The van der Waals surface area contributed by atoms with Crippen LogP contribution in [0.15, 0.2) is 22.7 Å². The normalized spacial score (nSPS) is 23.6. The zero-order valence-corrected chi connectivity index (χ0v) is 11.0. The quantitative estimate of drug-likeness (QED) is 0.901. The minimum atomic E-state index is -0.926. The minimum Gasteiger partial charge on any atom is -0.478 e. The Morgan fingerprint density at radius 2 is 2.29 bits per heavy atom. The fourth-order valence-corrected chi connectivity index (χ4v) is 2.43. The number of carboxylic acid groups (broad SMARTS) is 1. The number of carboxylic acids is 1. The summed E-state index contributed by atoms with van der Waals surface area (Å²) < 4.78 is 6.21. The molecule has 5 heteroatoms. The average molecular weight is 300 g/mol. The summed E-state index contributed by atoms with van der Waals surface area (Å²) in [5.74, 6) is -0.926. The Hall–Kier alpha value is -1.07. The lowest BCUT2D eigenvalue weighted by atomic mass is 10.1. The molecule has 1 aliphatic rings. The molecular formula is C12H14BrNO3. The van der Waals surface area contributed by atoms with Crippen LogP contribution in [0.5, 0.6) is 0 Å². The fourth-order valence-electron chi connectivity index (χ4n) is 1.93. The SMILES string of the molecule is CC1OCCC1Nc1cc(Br)cc(C(=O)O)c1. The Morgan fingerprint density at radius 3 is 2.88 bits per heavy atom. The number of hydrogen-bond donors (Lipinski definition) is 2. The number of benzene rings is 1. The zero-order chi connectivity index (χ0) is 12.4. The van der Waals surface area contributed by atoms with Crippen LogP contribution in [-0.2, 0) is 4.74 Å². The number of halogens is 1. The van der Waals surface area contributed by atoms with Gasteiger partial charge in [0.2, 0.25) is 0 Å². The lowest BCUT2D eigenvalue weighted by molar-refractivity contribution is 0.0697. The highest BCUT2D eigenvalue weighted by molar-refractivity contribution is 9.10. The van der Waals surface area contributed by atoms with Gasteiger partial charge in [-0.3, -0.25) is 0 Å². The molecule has 1 saturated heterocycles. The summed E-state index contributed by atoms with van der Waals surface area (Å²) in [4.78, 5) is 10.9. The summed E-state index contributed by atoms with van der Waals surface area (Å²) in [6, 6.07) is 5.34. The van der Waals surface area contributed by atoms with Crippen molar-refractivity contribution in [2.45, 2.75) is 25.5 Å². The number of anilines is 1. The molecule has 0 saturated carbocycles. The van der Waals surface area contributed by atoms with Crippen molar-refractivity contribution in [3.05, 3.63) is 28.2 Å². The molecule has 1 aliphatic heterocycles. The number of aromatic carboxylic acids is 1. The van der Waals surface area contributed by atoms with Crippen LogP contribution in [0.3, 0.4) is 0 Å². The van der Waals surface area contributed by atoms with Crippen molar-refractivity contribution in [3.63, 3.8) is 0 Å². The van der Waals surface area contributed by atoms with E-state index < -0.39 is 5.97 Å². The Balaban J connectivity index is 2.17. The first-order valence-corrected chi connectivity index (χ1v) is 6.27. The third-order valence-electron chi connectivity index (χ3n) is 2.87. The zero-order valence-electron chi connectivity index (χ0n) is 9.44. The van der Waals surface area contributed by atoms with Crippen LogP contribution in [0, 0.1) is 0 Å². The lowest BCUT2D eigenvalue weighted by Crippen LogP contribution is -2.26. The predicted molar refractivity (Wildman–Crippen MR) is 68.5 cm³/mol. The molecule has 1 aromatic carbocycles. The van der Waals surface area contributed by atoms with Crippen LogP contribution in [0.4, 0.5) is 5.69 Å². The highest BCUT2D eigenvalue weighted by atomic mass is 79.9. The van der Waals surface area contributed by atoms with Crippen LogP contribution in [0.1, 0.15) is 23.7 Å². The van der Waals surface area contributed by atoms with Crippen LogP contribution in [0.2, 0.25) is 0 Å². The van der Waals surface area contributed by atoms with Crippen LogP contribution in [0.25, 0.3) is 0 Å². The summed E-state index contributed by atoms with van der Waals surface area (Å²) >= 11 is 3.31. The van der Waals surface area contributed by atoms with Gasteiger partial charge in [-0.25, -0.2) is 4.79 Å². The highest BCUT2D eigenvalue weighted by Crippen LogP contribution is 2.23. The maximum absolute atomic E-state index is 10.9. The van der Waals surface area contributed by atoms with E-state index in [9.17, 15) is 4.79 Å². The second-order valence-corrected chi connectivity index (χ2v) is 5.06. The Labute approximate surface area is 108 Å². The smallest absolute Gasteiger partial charge is 0.335 e. The number of nitrogens with one attached hydrogen (secondary N) is 1. The molecule has 1 aromatic rings. The number of ether oxygens (including phenoxy) is 1. The Kier molecular flexibility index (Phi) is 3.69. The third kappa shape index (κ3) is 2.98.